The van der Waals surface area contributed by atoms with Gasteiger partial charge in [0.25, 0.3) is 0 Å². The van der Waals surface area contributed by atoms with Gasteiger partial charge in [0.15, 0.2) is 17.1 Å². The molecule has 2 heterocycles. The van der Waals surface area contributed by atoms with Gasteiger partial charge in [-0.15, -0.1) is 0 Å². The monoisotopic (exact) mass is 426 g/mol. The van der Waals surface area contributed by atoms with Crippen LogP contribution in [0.4, 0.5) is 4.39 Å². The molecule has 0 atom stereocenters. The molecule has 31 heavy (non-hydrogen) atoms. The number of aromatic nitrogens is 1. The maximum atomic E-state index is 13.4. The lowest BCUT2D eigenvalue weighted by Crippen LogP contribution is -2.34. The molecule has 0 aliphatic carbocycles. The van der Waals surface area contributed by atoms with Crippen molar-refractivity contribution >= 4 is 11.0 Å². The quantitative estimate of drug-likeness (QED) is 0.430. The largest absolute Gasteiger partial charge is 0.493 e. The van der Waals surface area contributed by atoms with E-state index in [0.717, 1.165) is 61.5 Å². The molecular formula is C25H31FN2O3. The molecule has 0 unspecified atom stereocenters. The van der Waals surface area contributed by atoms with Crippen LogP contribution >= 0.6 is 0 Å². The molecule has 0 radical (unpaired) electrons. The normalized spacial score (nSPS) is 15.6. The molecule has 0 bridgehead atoms. The first-order valence-corrected chi connectivity index (χ1v) is 11.1. The van der Waals surface area contributed by atoms with E-state index >= 15 is 0 Å². The van der Waals surface area contributed by atoms with Gasteiger partial charge in [-0.2, -0.15) is 0 Å². The lowest BCUT2D eigenvalue weighted by Gasteiger charge is -2.31. The van der Waals surface area contributed by atoms with E-state index in [-0.39, 0.29) is 5.82 Å². The van der Waals surface area contributed by atoms with Crippen molar-refractivity contribution in [1.82, 2.24) is 10.1 Å². The van der Waals surface area contributed by atoms with Gasteiger partial charge in [0.05, 0.1) is 19.4 Å². The van der Waals surface area contributed by atoms with Gasteiger partial charge in [0, 0.05) is 23.9 Å². The zero-order chi connectivity index (χ0) is 21.8. The van der Waals surface area contributed by atoms with Crippen molar-refractivity contribution in [3.63, 3.8) is 0 Å². The fourth-order valence-corrected chi connectivity index (χ4v) is 4.29. The van der Waals surface area contributed by atoms with Crippen molar-refractivity contribution in [1.29, 1.82) is 0 Å². The Morgan fingerprint density at radius 3 is 2.68 bits per heavy atom. The third-order valence-corrected chi connectivity index (χ3v) is 6.17. The Balaban J connectivity index is 1.24. The molecule has 1 aliphatic heterocycles. The van der Waals surface area contributed by atoms with Crippen LogP contribution in [0, 0.1) is 5.82 Å². The minimum Gasteiger partial charge on any atom is -0.493 e. The molecule has 1 saturated heterocycles. The Kier molecular flexibility index (Phi) is 6.76. The van der Waals surface area contributed by atoms with Crippen molar-refractivity contribution < 1.29 is 18.4 Å². The molecule has 1 fully saturated rings. The Morgan fingerprint density at radius 2 is 1.94 bits per heavy atom. The van der Waals surface area contributed by atoms with E-state index in [1.165, 1.54) is 17.7 Å². The van der Waals surface area contributed by atoms with Gasteiger partial charge in [-0.3, -0.25) is 0 Å². The van der Waals surface area contributed by atoms with Gasteiger partial charge in [-0.25, -0.2) is 4.39 Å². The third kappa shape index (κ3) is 5.01. The number of likely N-dealkylation sites (tertiary alicyclic amines) is 1. The number of hydrogen-bond acceptors (Lipinski definition) is 5. The minimum absolute atomic E-state index is 0.291. The topological polar surface area (TPSA) is 47.7 Å². The number of methoxy groups -OCH3 is 1. The number of ether oxygens (including phenoxy) is 2. The van der Waals surface area contributed by atoms with Crippen molar-refractivity contribution in [2.45, 2.75) is 44.9 Å². The van der Waals surface area contributed by atoms with E-state index in [0.29, 0.717) is 24.0 Å². The van der Waals surface area contributed by atoms with Crippen LogP contribution < -0.4 is 9.47 Å². The van der Waals surface area contributed by atoms with Crippen LogP contribution in [0.25, 0.3) is 11.0 Å². The third-order valence-electron chi connectivity index (χ3n) is 6.17. The number of halogens is 1. The van der Waals surface area contributed by atoms with Gasteiger partial charge in [0.2, 0.25) is 0 Å². The fraction of sp³-hybridized carbons (Fsp3) is 0.480. The fourth-order valence-electron chi connectivity index (χ4n) is 4.29. The minimum atomic E-state index is -0.291. The van der Waals surface area contributed by atoms with Crippen LogP contribution in [0.5, 0.6) is 11.5 Å². The van der Waals surface area contributed by atoms with Crippen LogP contribution in [-0.4, -0.2) is 43.4 Å². The maximum absolute atomic E-state index is 13.4. The van der Waals surface area contributed by atoms with Gasteiger partial charge in [-0.1, -0.05) is 25.1 Å². The van der Waals surface area contributed by atoms with Crippen molar-refractivity contribution in [3.8, 4) is 11.5 Å². The maximum Gasteiger partial charge on any atom is 0.170 e. The van der Waals surface area contributed by atoms with Crippen LogP contribution in [0.3, 0.4) is 0 Å². The second-order valence-corrected chi connectivity index (χ2v) is 8.59. The summed E-state index contributed by atoms with van der Waals surface area (Å²) < 4.78 is 30.2. The standard InChI is InChI=1S/C25H31FN2O3/c1-17(2)19-5-8-22(24(15-19)29-3)30-14-4-11-28-12-9-18(10-13-28)25-21-7-6-20(26)16-23(21)31-27-25/h5-8,15-18H,4,9-14H2,1-3H3. The Bertz CT molecular complexity index is 1010. The predicted molar refractivity (Wildman–Crippen MR) is 120 cm³/mol. The molecule has 0 spiro atoms. The van der Waals surface area contributed by atoms with Gasteiger partial charge in [-0.05, 0) is 68.1 Å². The molecule has 166 valence electrons. The van der Waals surface area contributed by atoms with Crippen LogP contribution in [0.15, 0.2) is 40.9 Å². The van der Waals surface area contributed by atoms with Crippen molar-refractivity contribution in [2.24, 2.45) is 0 Å². The molecule has 0 N–H and O–H groups in total. The average molecular weight is 427 g/mol. The smallest absolute Gasteiger partial charge is 0.170 e. The molecule has 4 rings (SSSR count). The molecule has 3 aromatic rings. The number of fused-ring (bicyclic) bond motifs is 1. The van der Waals surface area contributed by atoms with E-state index in [1.54, 1.807) is 13.2 Å². The lowest BCUT2D eigenvalue weighted by molar-refractivity contribution is 0.189. The van der Waals surface area contributed by atoms with Crippen molar-refractivity contribution in [3.05, 3.63) is 53.5 Å². The Labute approximate surface area is 183 Å². The van der Waals surface area contributed by atoms with Crippen LogP contribution in [-0.2, 0) is 0 Å². The summed E-state index contributed by atoms with van der Waals surface area (Å²) in [5.74, 6) is 2.14. The Hall–Kier alpha value is -2.60. The molecule has 1 aliphatic rings. The highest BCUT2D eigenvalue weighted by Crippen LogP contribution is 2.33. The van der Waals surface area contributed by atoms with Gasteiger partial charge in [0.1, 0.15) is 5.82 Å². The molecule has 0 amide bonds. The number of rotatable bonds is 8. The van der Waals surface area contributed by atoms with Crippen molar-refractivity contribution in [2.75, 3.05) is 33.4 Å². The molecule has 1 aromatic heterocycles. The average Bonchev–Trinajstić information content (AvgIpc) is 3.20. The highest BCUT2D eigenvalue weighted by atomic mass is 19.1. The lowest BCUT2D eigenvalue weighted by atomic mass is 9.91. The summed E-state index contributed by atoms with van der Waals surface area (Å²) in [5.41, 5.74) is 2.75. The summed E-state index contributed by atoms with van der Waals surface area (Å²) in [6.45, 7) is 8.05. The summed E-state index contributed by atoms with van der Waals surface area (Å²) in [6, 6.07) is 10.8. The highest BCUT2D eigenvalue weighted by Gasteiger charge is 2.25. The number of benzene rings is 2. The summed E-state index contributed by atoms with van der Waals surface area (Å²) in [5, 5.41) is 5.17. The van der Waals surface area contributed by atoms with E-state index in [4.69, 9.17) is 14.0 Å². The summed E-state index contributed by atoms with van der Waals surface area (Å²) in [4.78, 5) is 2.47. The van der Waals surface area contributed by atoms with Gasteiger partial charge < -0.3 is 18.9 Å². The first-order valence-electron chi connectivity index (χ1n) is 11.1. The van der Waals surface area contributed by atoms with E-state index < -0.39 is 0 Å². The zero-order valence-corrected chi connectivity index (χ0v) is 18.6. The predicted octanol–water partition coefficient (Wildman–Crippen LogP) is 5.75. The second-order valence-electron chi connectivity index (χ2n) is 8.59. The zero-order valence-electron chi connectivity index (χ0n) is 18.6. The van der Waals surface area contributed by atoms with E-state index in [1.807, 2.05) is 6.07 Å². The molecule has 0 saturated carbocycles. The SMILES string of the molecule is COc1cc(C(C)C)ccc1OCCCN1CCC(c2noc3cc(F)ccc23)CC1. The second kappa shape index (κ2) is 9.69. The van der Waals surface area contributed by atoms with E-state index in [2.05, 4.69) is 36.0 Å². The summed E-state index contributed by atoms with van der Waals surface area (Å²) in [7, 11) is 1.69. The van der Waals surface area contributed by atoms with Crippen LogP contribution in [0.1, 0.15) is 56.2 Å². The summed E-state index contributed by atoms with van der Waals surface area (Å²) in [6.07, 6.45) is 3.03. The molecule has 6 heteroatoms. The van der Waals surface area contributed by atoms with Gasteiger partial charge >= 0.3 is 0 Å². The van der Waals surface area contributed by atoms with Crippen LogP contribution in [0.2, 0.25) is 0 Å². The molecule has 5 nitrogen and oxygen atoms in total. The number of nitrogens with zero attached hydrogens (tertiary/aromatic N) is 2. The highest BCUT2D eigenvalue weighted by molar-refractivity contribution is 5.79. The Morgan fingerprint density at radius 1 is 1.13 bits per heavy atom. The number of piperidine rings is 1. The first-order chi connectivity index (χ1) is 15.0. The number of hydrogen-bond donors (Lipinski definition) is 0. The summed E-state index contributed by atoms with van der Waals surface area (Å²) >= 11 is 0. The molecule has 2 aromatic carbocycles. The molecular weight excluding hydrogens is 395 g/mol. The van der Waals surface area contributed by atoms with E-state index in [9.17, 15) is 4.39 Å². The first kappa shape index (κ1) is 21.6.